The summed E-state index contributed by atoms with van der Waals surface area (Å²) in [6, 6.07) is 26.1. The summed E-state index contributed by atoms with van der Waals surface area (Å²) >= 11 is 6.50. The van der Waals surface area contributed by atoms with Gasteiger partial charge in [-0.2, -0.15) is 0 Å². The Labute approximate surface area is 263 Å². The van der Waals surface area contributed by atoms with Crippen molar-refractivity contribution >= 4 is 39.1 Å². The number of carbonyl (C=O) groups excluding carboxylic acids is 2. The zero-order valence-corrected chi connectivity index (χ0v) is 26.4. The molecular formula is C34H35ClFN3O4S. The van der Waals surface area contributed by atoms with E-state index in [0.717, 1.165) is 27.6 Å². The lowest BCUT2D eigenvalue weighted by atomic mass is 10.0. The van der Waals surface area contributed by atoms with Crippen molar-refractivity contribution in [3.63, 3.8) is 0 Å². The fourth-order valence-electron chi connectivity index (χ4n) is 4.72. The molecule has 7 nitrogen and oxygen atoms in total. The van der Waals surface area contributed by atoms with Crippen molar-refractivity contribution in [2.75, 3.05) is 10.8 Å². The highest BCUT2D eigenvalue weighted by atomic mass is 35.5. The van der Waals surface area contributed by atoms with Gasteiger partial charge in [-0.25, -0.2) is 12.8 Å². The third-order valence-electron chi connectivity index (χ3n) is 7.00. The molecule has 1 atom stereocenters. The maximum atomic E-state index is 14.4. The number of benzene rings is 4. The van der Waals surface area contributed by atoms with Gasteiger partial charge in [-0.15, -0.1) is 0 Å². The topological polar surface area (TPSA) is 86.8 Å². The second-order valence-corrected chi connectivity index (χ2v) is 13.1. The van der Waals surface area contributed by atoms with E-state index >= 15 is 0 Å². The second-order valence-electron chi connectivity index (χ2n) is 10.8. The van der Waals surface area contributed by atoms with Crippen LogP contribution in [0.25, 0.3) is 0 Å². The summed E-state index contributed by atoms with van der Waals surface area (Å²) in [5.41, 5.74) is 2.37. The third-order valence-corrected chi connectivity index (χ3v) is 9.16. The Bertz CT molecular complexity index is 1680. The van der Waals surface area contributed by atoms with Crippen molar-refractivity contribution in [3.8, 4) is 0 Å². The minimum atomic E-state index is -4.28. The molecule has 0 heterocycles. The van der Waals surface area contributed by atoms with E-state index in [1.807, 2.05) is 51.1 Å². The smallest absolute Gasteiger partial charge is 0.264 e. The van der Waals surface area contributed by atoms with Gasteiger partial charge < -0.3 is 10.2 Å². The Morgan fingerprint density at radius 1 is 0.864 bits per heavy atom. The summed E-state index contributed by atoms with van der Waals surface area (Å²) in [6.45, 7) is 4.78. The van der Waals surface area contributed by atoms with Gasteiger partial charge in [-0.1, -0.05) is 77.8 Å². The molecule has 0 fully saturated rings. The van der Waals surface area contributed by atoms with Crippen molar-refractivity contribution < 1.29 is 22.4 Å². The van der Waals surface area contributed by atoms with E-state index in [0.29, 0.717) is 10.6 Å². The van der Waals surface area contributed by atoms with E-state index in [1.165, 1.54) is 29.2 Å². The lowest BCUT2D eigenvalue weighted by Gasteiger charge is -2.34. The number of hydrogen-bond donors (Lipinski definition) is 1. The van der Waals surface area contributed by atoms with E-state index in [4.69, 9.17) is 11.6 Å². The van der Waals surface area contributed by atoms with Gasteiger partial charge >= 0.3 is 0 Å². The van der Waals surface area contributed by atoms with Gasteiger partial charge in [0.05, 0.1) is 10.6 Å². The number of amides is 2. The molecule has 0 aliphatic carbocycles. The molecule has 10 heteroatoms. The molecule has 2 amide bonds. The Hall–Kier alpha value is -4.21. The predicted molar refractivity (Wildman–Crippen MR) is 171 cm³/mol. The van der Waals surface area contributed by atoms with E-state index in [1.54, 1.807) is 36.4 Å². The summed E-state index contributed by atoms with van der Waals surface area (Å²) in [7, 11) is -4.28. The number of carbonyl (C=O) groups is 2. The number of nitrogens with one attached hydrogen (secondary N) is 1. The molecule has 0 aliphatic heterocycles. The van der Waals surface area contributed by atoms with Gasteiger partial charge in [0, 0.05) is 24.0 Å². The van der Waals surface area contributed by atoms with Crippen LogP contribution in [0.4, 0.5) is 10.1 Å². The fraction of sp³-hybridized carbons (Fsp3) is 0.235. The molecule has 4 aromatic rings. The lowest BCUT2D eigenvalue weighted by molar-refractivity contribution is -0.140. The van der Waals surface area contributed by atoms with Gasteiger partial charge in [-0.3, -0.25) is 13.9 Å². The number of sulfonamides is 1. The molecule has 0 spiro atoms. The summed E-state index contributed by atoms with van der Waals surface area (Å²) in [5, 5.41) is 3.31. The third kappa shape index (κ3) is 8.24. The monoisotopic (exact) mass is 635 g/mol. The zero-order chi connectivity index (χ0) is 31.9. The molecule has 4 aromatic carbocycles. The number of halogens is 2. The molecule has 0 bridgehead atoms. The Balaban J connectivity index is 1.81. The second kappa shape index (κ2) is 14.5. The summed E-state index contributed by atoms with van der Waals surface area (Å²) in [5.74, 6) is -1.58. The van der Waals surface area contributed by atoms with E-state index in [9.17, 15) is 22.4 Å². The van der Waals surface area contributed by atoms with Crippen molar-refractivity contribution in [1.82, 2.24) is 10.2 Å². The normalized spacial score (nSPS) is 12.0. The molecule has 0 aliphatic rings. The van der Waals surface area contributed by atoms with Crippen LogP contribution in [0.1, 0.15) is 30.5 Å². The van der Waals surface area contributed by atoms with E-state index in [2.05, 4.69) is 5.32 Å². The van der Waals surface area contributed by atoms with Crippen molar-refractivity contribution in [2.45, 2.75) is 50.7 Å². The molecule has 1 N–H and O–H groups in total. The average Bonchev–Trinajstić information content (AvgIpc) is 2.99. The molecule has 230 valence electrons. The average molecular weight is 636 g/mol. The maximum absolute atomic E-state index is 14.4. The summed E-state index contributed by atoms with van der Waals surface area (Å²) < 4.78 is 42.8. The van der Waals surface area contributed by atoms with E-state index in [-0.39, 0.29) is 35.5 Å². The minimum Gasteiger partial charge on any atom is -0.352 e. The van der Waals surface area contributed by atoms with Crippen LogP contribution >= 0.6 is 11.6 Å². The first-order valence-corrected chi connectivity index (χ1v) is 16.0. The molecule has 0 unspecified atom stereocenters. The minimum absolute atomic E-state index is 0.0312. The molecule has 0 saturated carbocycles. The van der Waals surface area contributed by atoms with Crippen LogP contribution in [0.5, 0.6) is 0 Å². The van der Waals surface area contributed by atoms with Gasteiger partial charge in [0.15, 0.2) is 0 Å². The first-order valence-electron chi connectivity index (χ1n) is 14.2. The number of anilines is 1. The van der Waals surface area contributed by atoms with Gasteiger partial charge in [-0.05, 0) is 74.4 Å². The zero-order valence-electron chi connectivity index (χ0n) is 24.8. The summed E-state index contributed by atoms with van der Waals surface area (Å²) in [6.07, 6.45) is 0.177. The number of nitrogens with zero attached hydrogens (tertiary/aromatic N) is 2. The van der Waals surface area contributed by atoms with Gasteiger partial charge in [0.25, 0.3) is 10.0 Å². The van der Waals surface area contributed by atoms with Gasteiger partial charge in [0.2, 0.25) is 11.8 Å². The molecule has 0 saturated heterocycles. The Morgan fingerprint density at radius 3 is 2.09 bits per heavy atom. The fourth-order valence-corrected chi connectivity index (χ4v) is 6.33. The van der Waals surface area contributed by atoms with Crippen LogP contribution in [0.15, 0.2) is 108 Å². The molecule has 0 radical (unpaired) electrons. The van der Waals surface area contributed by atoms with Crippen molar-refractivity contribution in [1.29, 1.82) is 0 Å². The van der Waals surface area contributed by atoms with Gasteiger partial charge in [0.1, 0.15) is 18.4 Å². The highest BCUT2D eigenvalue weighted by Gasteiger charge is 2.35. The summed E-state index contributed by atoms with van der Waals surface area (Å²) in [4.78, 5) is 29.4. The van der Waals surface area contributed by atoms with Crippen LogP contribution in [0, 0.1) is 12.7 Å². The van der Waals surface area contributed by atoms with Crippen molar-refractivity contribution in [2.24, 2.45) is 0 Å². The highest BCUT2D eigenvalue weighted by molar-refractivity contribution is 7.92. The quantitative estimate of drug-likeness (QED) is 0.202. The molecular weight excluding hydrogens is 601 g/mol. The number of aryl methyl sites for hydroxylation is 1. The predicted octanol–water partition coefficient (Wildman–Crippen LogP) is 6.15. The highest BCUT2D eigenvalue weighted by Crippen LogP contribution is 2.26. The molecule has 44 heavy (non-hydrogen) atoms. The standard InChI is InChI=1S/C34H35ClFN3O4S/c1-24(2)37-34(41)32(21-26-9-5-4-6-10-26)38(22-27-11-7-8-12-31(27)35)33(40)23-39(29-17-15-28(36)16-18-29)44(42,43)30-19-13-25(3)14-20-30/h4-20,24,32H,21-23H2,1-3H3,(H,37,41)/t32-/m1/s1. The van der Waals surface area contributed by atoms with Crippen LogP contribution in [-0.4, -0.2) is 43.8 Å². The van der Waals surface area contributed by atoms with Crippen molar-refractivity contribution in [3.05, 3.63) is 131 Å². The first kappa shape index (κ1) is 32.7. The first-order chi connectivity index (χ1) is 21.0. The number of rotatable bonds is 12. The van der Waals surface area contributed by atoms with Crippen LogP contribution < -0.4 is 9.62 Å². The Morgan fingerprint density at radius 2 is 1.48 bits per heavy atom. The van der Waals surface area contributed by atoms with Crippen LogP contribution in [0.2, 0.25) is 5.02 Å². The molecule has 0 aromatic heterocycles. The van der Waals surface area contributed by atoms with Crippen LogP contribution in [0.3, 0.4) is 0 Å². The number of hydrogen-bond acceptors (Lipinski definition) is 4. The lowest BCUT2D eigenvalue weighted by Crippen LogP contribution is -2.54. The SMILES string of the molecule is Cc1ccc(S(=O)(=O)N(CC(=O)N(Cc2ccccc2Cl)[C@H](Cc2ccccc2)C(=O)NC(C)C)c2ccc(F)cc2)cc1. The van der Waals surface area contributed by atoms with E-state index < -0.39 is 34.3 Å². The molecule has 4 rings (SSSR count). The van der Waals surface area contributed by atoms with Crippen LogP contribution in [-0.2, 0) is 32.6 Å². The largest absolute Gasteiger partial charge is 0.352 e. The maximum Gasteiger partial charge on any atom is 0.264 e. The Kier molecular flexibility index (Phi) is 10.8.